The summed E-state index contributed by atoms with van der Waals surface area (Å²) < 4.78 is 6.18. The lowest BCUT2D eigenvalue weighted by atomic mass is 10.1. The quantitative estimate of drug-likeness (QED) is 0.782. The molecule has 0 atom stereocenters. The number of carbonyl (C=O) groups is 1. The minimum atomic E-state index is -0.215. The second-order valence-electron chi connectivity index (χ2n) is 5.98. The van der Waals surface area contributed by atoms with Gasteiger partial charge < -0.3 is 10.1 Å². The van der Waals surface area contributed by atoms with Gasteiger partial charge in [0.2, 0.25) is 0 Å². The molecule has 25 heavy (non-hydrogen) atoms. The van der Waals surface area contributed by atoms with E-state index in [-0.39, 0.29) is 5.91 Å². The zero-order chi connectivity index (χ0) is 17.6. The van der Waals surface area contributed by atoms with Gasteiger partial charge in [0.15, 0.2) is 0 Å². The van der Waals surface area contributed by atoms with Gasteiger partial charge in [-0.25, -0.2) is 0 Å². The van der Waals surface area contributed by atoms with Gasteiger partial charge in [-0.05, 0) is 42.3 Å². The molecule has 0 spiro atoms. The van der Waals surface area contributed by atoms with Crippen molar-refractivity contribution in [2.24, 2.45) is 0 Å². The Morgan fingerprint density at radius 2 is 1.88 bits per heavy atom. The lowest BCUT2D eigenvalue weighted by Gasteiger charge is -2.26. The topological polar surface area (TPSA) is 41.6 Å². The van der Waals surface area contributed by atoms with E-state index in [1.807, 2.05) is 18.2 Å². The average molecular weight is 424 g/mol. The van der Waals surface area contributed by atoms with Gasteiger partial charge in [-0.2, -0.15) is 0 Å². The molecule has 0 saturated carbocycles. The molecule has 0 unspecified atom stereocenters. The first-order valence-electron chi connectivity index (χ1n) is 8.27. The smallest absolute Gasteiger partial charge is 0.257 e. The summed E-state index contributed by atoms with van der Waals surface area (Å²) in [6.07, 6.45) is 0.992. The number of rotatable bonds is 5. The molecule has 1 fully saturated rings. The summed E-state index contributed by atoms with van der Waals surface area (Å²) in [5, 5.41) is 3.32. The molecule has 1 amide bonds. The monoisotopic (exact) mass is 422 g/mol. The molecule has 1 heterocycles. The van der Waals surface area contributed by atoms with Crippen molar-refractivity contribution in [1.82, 2.24) is 4.90 Å². The number of nitrogens with zero attached hydrogens (tertiary/aromatic N) is 1. The molecule has 0 radical (unpaired) electrons. The van der Waals surface area contributed by atoms with E-state index in [1.165, 1.54) is 5.56 Å². The Morgan fingerprint density at radius 3 is 2.60 bits per heavy atom. The maximum Gasteiger partial charge on any atom is 0.257 e. The number of halogens is 2. The molecular weight excluding hydrogens is 404 g/mol. The van der Waals surface area contributed by atoms with E-state index >= 15 is 0 Å². The van der Waals surface area contributed by atoms with Crippen LogP contribution in [0.3, 0.4) is 0 Å². The third kappa shape index (κ3) is 5.28. The molecule has 3 rings (SSSR count). The first-order chi connectivity index (χ1) is 12.1. The van der Waals surface area contributed by atoms with Crippen LogP contribution in [0.2, 0.25) is 5.02 Å². The predicted octanol–water partition coefficient (Wildman–Crippen LogP) is 4.23. The van der Waals surface area contributed by atoms with Crippen molar-refractivity contribution in [2.75, 3.05) is 38.2 Å². The van der Waals surface area contributed by atoms with Crippen LogP contribution < -0.4 is 5.32 Å². The number of ether oxygens (including phenoxy) is 1. The summed E-state index contributed by atoms with van der Waals surface area (Å²) >= 11 is 9.46. The van der Waals surface area contributed by atoms with Crippen LogP contribution in [0.5, 0.6) is 0 Å². The van der Waals surface area contributed by atoms with E-state index in [0.29, 0.717) is 10.6 Å². The van der Waals surface area contributed by atoms with Crippen molar-refractivity contribution < 1.29 is 9.53 Å². The fraction of sp³-hybridized carbons (Fsp3) is 0.316. The fourth-order valence-electron chi connectivity index (χ4n) is 2.74. The molecule has 6 heteroatoms. The van der Waals surface area contributed by atoms with E-state index in [0.717, 1.165) is 49.4 Å². The molecule has 0 aromatic heterocycles. The second kappa shape index (κ2) is 8.81. The molecule has 2 aromatic carbocycles. The van der Waals surface area contributed by atoms with Crippen LogP contribution in [0.15, 0.2) is 46.9 Å². The number of carbonyl (C=O) groups excluding carboxylic acids is 1. The molecule has 4 nitrogen and oxygen atoms in total. The zero-order valence-electron chi connectivity index (χ0n) is 13.8. The zero-order valence-corrected chi connectivity index (χ0v) is 16.1. The third-order valence-corrected chi connectivity index (χ3v) is 5.03. The Bertz CT molecular complexity index is 731. The first kappa shape index (κ1) is 18.4. The predicted molar refractivity (Wildman–Crippen MR) is 105 cm³/mol. The molecule has 1 saturated heterocycles. The van der Waals surface area contributed by atoms with E-state index in [9.17, 15) is 4.79 Å². The van der Waals surface area contributed by atoms with Crippen LogP contribution in [0.1, 0.15) is 15.9 Å². The lowest BCUT2D eigenvalue weighted by Crippen LogP contribution is -2.37. The third-order valence-electron chi connectivity index (χ3n) is 4.21. The van der Waals surface area contributed by atoms with Crippen LogP contribution in [0, 0.1) is 0 Å². The number of amides is 1. The molecule has 1 aliphatic rings. The van der Waals surface area contributed by atoms with Crippen molar-refractivity contribution in [3.05, 3.63) is 63.1 Å². The summed E-state index contributed by atoms with van der Waals surface area (Å²) in [5.74, 6) is -0.215. The highest BCUT2D eigenvalue weighted by molar-refractivity contribution is 9.10. The van der Waals surface area contributed by atoms with Gasteiger partial charge in [0.05, 0.1) is 23.8 Å². The molecule has 2 aromatic rings. The van der Waals surface area contributed by atoms with Gasteiger partial charge in [-0.1, -0.05) is 39.7 Å². The molecule has 132 valence electrons. The number of hydrogen-bond donors (Lipinski definition) is 1. The second-order valence-corrected chi connectivity index (χ2v) is 7.30. The van der Waals surface area contributed by atoms with Gasteiger partial charge in [-0.15, -0.1) is 0 Å². The van der Waals surface area contributed by atoms with Crippen LogP contribution >= 0.6 is 27.5 Å². The van der Waals surface area contributed by atoms with Gasteiger partial charge in [0.1, 0.15) is 0 Å². The Labute approximate surface area is 161 Å². The highest BCUT2D eigenvalue weighted by Gasteiger charge is 2.12. The van der Waals surface area contributed by atoms with Gasteiger partial charge in [-0.3, -0.25) is 9.69 Å². The van der Waals surface area contributed by atoms with E-state index in [2.05, 4.69) is 38.3 Å². The van der Waals surface area contributed by atoms with Crippen molar-refractivity contribution in [3.8, 4) is 0 Å². The Kier molecular flexibility index (Phi) is 6.48. The highest BCUT2D eigenvalue weighted by atomic mass is 79.9. The number of morpholine rings is 1. The van der Waals surface area contributed by atoms with Gasteiger partial charge in [0, 0.05) is 29.8 Å². The van der Waals surface area contributed by atoms with Crippen LogP contribution in [0.25, 0.3) is 0 Å². The molecular formula is C19H20BrClN2O2. The van der Waals surface area contributed by atoms with Gasteiger partial charge >= 0.3 is 0 Å². The lowest BCUT2D eigenvalue weighted by molar-refractivity contribution is 0.0384. The Morgan fingerprint density at radius 1 is 1.16 bits per heavy atom. The number of hydrogen-bond acceptors (Lipinski definition) is 3. The maximum absolute atomic E-state index is 12.4. The molecule has 1 aliphatic heterocycles. The minimum absolute atomic E-state index is 0.215. The highest BCUT2D eigenvalue weighted by Crippen LogP contribution is 2.22. The van der Waals surface area contributed by atoms with Crippen LogP contribution in [-0.2, 0) is 11.2 Å². The molecule has 1 N–H and O–H groups in total. The average Bonchev–Trinajstić information content (AvgIpc) is 2.64. The summed E-state index contributed by atoms with van der Waals surface area (Å²) in [6, 6.07) is 13.2. The van der Waals surface area contributed by atoms with Crippen molar-refractivity contribution in [2.45, 2.75) is 6.42 Å². The summed E-state index contributed by atoms with van der Waals surface area (Å²) in [6.45, 7) is 4.68. The van der Waals surface area contributed by atoms with E-state index < -0.39 is 0 Å². The summed E-state index contributed by atoms with van der Waals surface area (Å²) in [5.41, 5.74) is 2.47. The van der Waals surface area contributed by atoms with Gasteiger partial charge in [0.25, 0.3) is 5.91 Å². The van der Waals surface area contributed by atoms with Crippen molar-refractivity contribution in [3.63, 3.8) is 0 Å². The van der Waals surface area contributed by atoms with E-state index in [1.54, 1.807) is 12.1 Å². The standard InChI is InChI=1S/C19H20BrClN2O2/c20-15-3-6-18(21)17(13-15)19(24)22-16-4-1-14(2-5-16)7-8-23-9-11-25-12-10-23/h1-6,13H,7-12H2,(H,22,24). The largest absolute Gasteiger partial charge is 0.379 e. The van der Waals surface area contributed by atoms with E-state index in [4.69, 9.17) is 16.3 Å². The minimum Gasteiger partial charge on any atom is -0.379 e. The van der Waals surface area contributed by atoms with Crippen molar-refractivity contribution >= 4 is 39.1 Å². The summed E-state index contributed by atoms with van der Waals surface area (Å²) in [4.78, 5) is 14.8. The Balaban J connectivity index is 1.56. The molecule has 0 bridgehead atoms. The van der Waals surface area contributed by atoms with Crippen LogP contribution in [-0.4, -0.2) is 43.7 Å². The number of nitrogens with one attached hydrogen (secondary N) is 1. The maximum atomic E-state index is 12.4. The first-order valence-corrected chi connectivity index (χ1v) is 9.44. The fourth-order valence-corrected chi connectivity index (χ4v) is 3.30. The Hall–Kier alpha value is -1.40. The normalized spacial score (nSPS) is 15.1. The SMILES string of the molecule is O=C(Nc1ccc(CCN2CCOCC2)cc1)c1cc(Br)ccc1Cl. The summed E-state index contributed by atoms with van der Waals surface area (Å²) in [7, 11) is 0. The molecule has 0 aliphatic carbocycles. The van der Waals surface area contributed by atoms with Crippen LogP contribution in [0.4, 0.5) is 5.69 Å². The van der Waals surface area contributed by atoms with Crippen molar-refractivity contribution in [1.29, 1.82) is 0 Å². The number of anilines is 1. The number of benzene rings is 2.